The summed E-state index contributed by atoms with van der Waals surface area (Å²) in [5.74, 6) is -1.11. The number of benzene rings is 2. The van der Waals surface area contributed by atoms with Crippen molar-refractivity contribution in [1.29, 1.82) is 0 Å². The summed E-state index contributed by atoms with van der Waals surface area (Å²) in [5, 5.41) is 0.954. The smallest absolute Gasteiger partial charge is 0.132 e. The first-order chi connectivity index (χ1) is 9.00. The molecule has 98 valence electrons. The van der Waals surface area contributed by atoms with Crippen molar-refractivity contribution in [2.24, 2.45) is 17.2 Å². The van der Waals surface area contributed by atoms with Gasteiger partial charge in [0.1, 0.15) is 17.5 Å². The average molecular weight is 261 g/mol. The van der Waals surface area contributed by atoms with Crippen LogP contribution in [-0.2, 0) is 0 Å². The lowest BCUT2D eigenvalue weighted by Gasteiger charge is -2.05. The van der Waals surface area contributed by atoms with Crippen LogP contribution in [0.25, 0.3) is 11.5 Å². The van der Waals surface area contributed by atoms with Crippen molar-refractivity contribution in [2.45, 2.75) is 0 Å². The van der Waals surface area contributed by atoms with E-state index in [4.69, 9.17) is 17.2 Å². The molecule has 0 saturated carbocycles. The lowest BCUT2D eigenvalue weighted by molar-refractivity contribution is 0.596. The number of hydrogen-bond donors (Lipinski definition) is 3. The molecule has 0 atom stereocenters. The first-order valence-corrected chi connectivity index (χ1v) is 5.56. The minimum atomic E-state index is -0.607. The van der Waals surface area contributed by atoms with E-state index in [1.165, 1.54) is 0 Å². The van der Waals surface area contributed by atoms with Crippen LogP contribution < -0.4 is 27.6 Å². The molecule has 2 aromatic rings. The second-order valence-electron chi connectivity index (χ2n) is 4.04. The zero-order valence-electron chi connectivity index (χ0n) is 10.0. The predicted octanol–water partition coefficient (Wildman–Crippen LogP) is 0.0631. The summed E-state index contributed by atoms with van der Waals surface area (Å²) < 4.78 is 26.9. The molecule has 2 aromatic carbocycles. The second-order valence-corrected chi connectivity index (χ2v) is 4.04. The molecule has 0 aliphatic rings. The van der Waals surface area contributed by atoms with Crippen LogP contribution in [0.5, 0.6) is 0 Å². The highest BCUT2D eigenvalue weighted by Crippen LogP contribution is 2.13. The molecule has 5 heteroatoms. The van der Waals surface area contributed by atoms with Crippen LogP contribution in [0.2, 0.25) is 0 Å². The van der Waals surface area contributed by atoms with Crippen LogP contribution in [0.1, 0.15) is 5.56 Å². The molecule has 2 rings (SSSR count). The van der Waals surface area contributed by atoms with Gasteiger partial charge in [-0.05, 0) is 18.2 Å². The van der Waals surface area contributed by atoms with Gasteiger partial charge in [-0.15, -0.1) is 0 Å². The molecule has 0 fully saturated rings. The van der Waals surface area contributed by atoms with E-state index in [-0.39, 0.29) is 17.1 Å². The SMILES string of the molecule is NC(N)=c1cccc/c1=C(/N)c1cc(F)ccc1F. The van der Waals surface area contributed by atoms with Crippen molar-refractivity contribution in [2.75, 3.05) is 0 Å². The van der Waals surface area contributed by atoms with Crippen LogP contribution in [0.4, 0.5) is 8.78 Å². The van der Waals surface area contributed by atoms with Crippen LogP contribution >= 0.6 is 0 Å². The maximum absolute atomic E-state index is 13.7. The highest BCUT2D eigenvalue weighted by atomic mass is 19.1. The lowest BCUT2D eigenvalue weighted by Crippen LogP contribution is -2.36. The first kappa shape index (κ1) is 12.9. The summed E-state index contributed by atoms with van der Waals surface area (Å²) in [7, 11) is 0. The zero-order chi connectivity index (χ0) is 14.0. The number of nitrogens with two attached hydrogens (primary N) is 3. The standard InChI is InChI=1S/C14H13F2N3/c15-8-5-6-12(16)11(7-8)13(17)9-3-1-2-4-10(9)14(18)19/h1-7H,17-19H2/b13-9-. The van der Waals surface area contributed by atoms with Gasteiger partial charge in [0.25, 0.3) is 0 Å². The molecule has 0 aliphatic heterocycles. The van der Waals surface area contributed by atoms with Crippen molar-refractivity contribution >= 4 is 11.5 Å². The fourth-order valence-electron chi connectivity index (χ4n) is 1.82. The maximum atomic E-state index is 13.7. The van der Waals surface area contributed by atoms with Gasteiger partial charge in [-0.1, -0.05) is 24.3 Å². The monoisotopic (exact) mass is 261 g/mol. The molecule has 0 heterocycles. The van der Waals surface area contributed by atoms with E-state index < -0.39 is 11.6 Å². The third-order valence-corrected chi connectivity index (χ3v) is 2.75. The Morgan fingerprint density at radius 3 is 2.11 bits per heavy atom. The topological polar surface area (TPSA) is 78.1 Å². The second kappa shape index (κ2) is 4.97. The molecule has 0 amide bonds. The van der Waals surface area contributed by atoms with Gasteiger partial charge in [0.2, 0.25) is 0 Å². The molecule has 0 aromatic heterocycles. The molecular weight excluding hydrogens is 248 g/mol. The van der Waals surface area contributed by atoms with E-state index in [2.05, 4.69) is 0 Å². The van der Waals surface area contributed by atoms with Gasteiger partial charge in [0, 0.05) is 21.7 Å². The van der Waals surface area contributed by atoms with Crippen LogP contribution in [-0.4, -0.2) is 0 Å². The van der Waals surface area contributed by atoms with Gasteiger partial charge in [0.15, 0.2) is 0 Å². The molecule has 0 radical (unpaired) electrons. The van der Waals surface area contributed by atoms with Gasteiger partial charge in [-0.2, -0.15) is 0 Å². The summed E-state index contributed by atoms with van der Waals surface area (Å²) in [4.78, 5) is 0. The molecule has 0 bridgehead atoms. The average Bonchev–Trinajstić information content (AvgIpc) is 2.40. The Morgan fingerprint density at radius 1 is 0.842 bits per heavy atom. The van der Waals surface area contributed by atoms with Crippen molar-refractivity contribution in [3.05, 3.63) is 70.1 Å². The van der Waals surface area contributed by atoms with E-state index in [0.717, 1.165) is 18.2 Å². The van der Waals surface area contributed by atoms with Gasteiger partial charge in [-0.3, -0.25) is 0 Å². The summed E-state index contributed by atoms with van der Waals surface area (Å²) in [6.45, 7) is 0. The molecule has 0 spiro atoms. The molecule has 19 heavy (non-hydrogen) atoms. The highest BCUT2D eigenvalue weighted by Gasteiger charge is 2.07. The van der Waals surface area contributed by atoms with Crippen LogP contribution in [0, 0.1) is 11.6 Å². The van der Waals surface area contributed by atoms with E-state index in [1.54, 1.807) is 24.3 Å². The minimum Gasteiger partial charge on any atom is -0.398 e. The molecule has 3 nitrogen and oxygen atoms in total. The van der Waals surface area contributed by atoms with Gasteiger partial charge >= 0.3 is 0 Å². The molecule has 0 aliphatic carbocycles. The Morgan fingerprint density at radius 2 is 1.47 bits per heavy atom. The van der Waals surface area contributed by atoms with Crippen molar-refractivity contribution in [3.8, 4) is 0 Å². The Balaban J connectivity index is 2.87. The number of halogens is 2. The summed E-state index contributed by atoms with van der Waals surface area (Å²) in [6, 6.07) is 9.84. The fourth-order valence-corrected chi connectivity index (χ4v) is 1.82. The first-order valence-electron chi connectivity index (χ1n) is 5.56. The van der Waals surface area contributed by atoms with E-state index in [9.17, 15) is 8.78 Å². The third kappa shape index (κ3) is 2.49. The quantitative estimate of drug-likeness (QED) is 0.679. The third-order valence-electron chi connectivity index (χ3n) is 2.75. The van der Waals surface area contributed by atoms with Crippen LogP contribution in [0.15, 0.2) is 42.5 Å². The van der Waals surface area contributed by atoms with Gasteiger partial charge < -0.3 is 17.2 Å². The minimum absolute atomic E-state index is 0.0197. The predicted molar refractivity (Wildman–Crippen MR) is 70.5 cm³/mol. The van der Waals surface area contributed by atoms with E-state index in [0.29, 0.717) is 10.4 Å². The molecular formula is C14H13F2N3. The lowest BCUT2D eigenvalue weighted by atomic mass is 10.1. The van der Waals surface area contributed by atoms with E-state index >= 15 is 0 Å². The maximum Gasteiger partial charge on any atom is 0.132 e. The van der Waals surface area contributed by atoms with Crippen molar-refractivity contribution in [1.82, 2.24) is 0 Å². The van der Waals surface area contributed by atoms with E-state index in [1.807, 2.05) is 0 Å². The number of rotatable bonds is 1. The summed E-state index contributed by atoms with van der Waals surface area (Å²) in [6.07, 6.45) is 0. The fraction of sp³-hybridized carbons (Fsp3) is 0. The van der Waals surface area contributed by atoms with Crippen molar-refractivity contribution in [3.63, 3.8) is 0 Å². The molecule has 6 N–H and O–H groups in total. The number of hydrogen-bond acceptors (Lipinski definition) is 3. The zero-order valence-corrected chi connectivity index (χ0v) is 10.0. The molecule has 0 saturated heterocycles. The summed E-state index contributed by atoms with van der Waals surface area (Å²) in [5.41, 5.74) is 17.1. The Bertz CT molecular complexity index is 735. The summed E-state index contributed by atoms with van der Waals surface area (Å²) >= 11 is 0. The molecule has 0 unspecified atom stereocenters. The Labute approximate surface area is 108 Å². The van der Waals surface area contributed by atoms with Crippen molar-refractivity contribution < 1.29 is 8.78 Å². The highest BCUT2D eigenvalue weighted by molar-refractivity contribution is 5.63. The Hall–Kier alpha value is -2.56. The normalized spacial score (nSPS) is 12.1. The van der Waals surface area contributed by atoms with Crippen LogP contribution in [0.3, 0.4) is 0 Å². The van der Waals surface area contributed by atoms with Gasteiger partial charge in [0.05, 0.1) is 0 Å². The Kier molecular flexibility index (Phi) is 3.37. The largest absolute Gasteiger partial charge is 0.398 e. The van der Waals surface area contributed by atoms with Gasteiger partial charge in [-0.25, -0.2) is 8.78 Å².